The largest absolute Gasteiger partial charge is 0.490 e. The van der Waals surface area contributed by atoms with Crippen molar-refractivity contribution in [2.24, 2.45) is 4.99 Å². The molecule has 4 rings (SSSR count). The predicted octanol–water partition coefficient (Wildman–Crippen LogP) is 3.42. The van der Waals surface area contributed by atoms with E-state index < -0.39 is 12.0 Å². The van der Waals surface area contributed by atoms with Gasteiger partial charge in [0.05, 0.1) is 35.1 Å². The Kier molecular flexibility index (Phi) is 8.21. The summed E-state index contributed by atoms with van der Waals surface area (Å²) in [5, 5.41) is 0. The van der Waals surface area contributed by atoms with E-state index in [0.717, 1.165) is 0 Å². The molecule has 0 saturated carbocycles. The highest BCUT2D eigenvalue weighted by Crippen LogP contribution is 2.36. The highest BCUT2D eigenvalue weighted by Gasteiger charge is 2.34. The molecule has 1 aliphatic heterocycles. The number of carbonyl (C=O) groups is 1. The van der Waals surface area contributed by atoms with Gasteiger partial charge in [-0.2, -0.15) is 0 Å². The van der Waals surface area contributed by atoms with E-state index in [1.54, 1.807) is 44.2 Å². The van der Waals surface area contributed by atoms with Gasteiger partial charge >= 0.3 is 5.97 Å². The van der Waals surface area contributed by atoms with Crippen molar-refractivity contribution >= 4 is 29.3 Å². The molecule has 1 atom stereocenters. The molecule has 0 fully saturated rings. The predicted molar refractivity (Wildman–Crippen MR) is 147 cm³/mol. The lowest BCUT2D eigenvalue weighted by atomic mass is 9.95. The van der Waals surface area contributed by atoms with E-state index in [1.807, 2.05) is 38.1 Å². The van der Waals surface area contributed by atoms with Crippen LogP contribution in [0.1, 0.15) is 38.1 Å². The van der Waals surface area contributed by atoms with Crippen LogP contribution in [0.2, 0.25) is 0 Å². The summed E-state index contributed by atoms with van der Waals surface area (Å²) >= 11 is 1.23. The molecule has 38 heavy (non-hydrogen) atoms. The number of benzene rings is 1. The van der Waals surface area contributed by atoms with E-state index in [9.17, 15) is 9.59 Å². The normalized spacial score (nSPS) is 15.1. The van der Waals surface area contributed by atoms with E-state index in [-0.39, 0.29) is 12.2 Å². The van der Waals surface area contributed by atoms with Gasteiger partial charge in [-0.1, -0.05) is 30.1 Å². The van der Waals surface area contributed by atoms with Crippen LogP contribution in [0, 0.1) is 0 Å². The standard InChI is InChI=1S/C28H31N3O6S/c1-7-14-36-20-12-10-18(15-21(20)34-8-2)25-24(27(33)35-9-3)17(4)29-28-31(25)26(32)22(38-28)16-19-11-13-23(37-19)30(5)6/h7,10-13,15-16,25H,1,8-9,14H2,2-6H3/b22-16+/t25-/m0/s1. The van der Waals surface area contributed by atoms with E-state index in [2.05, 4.69) is 11.6 Å². The molecular formula is C28H31N3O6S. The first-order valence-electron chi connectivity index (χ1n) is 12.3. The zero-order chi connectivity index (χ0) is 27.4. The SMILES string of the molecule is C=CCOc1ccc([C@H]2C(C(=O)OCC)=C(C)N=c3s/c(=C/c4ccc(N(C)C)o4)c(=O)n32)cc1OCC. The molecule has 3 aromatic rings. The molecule has 9 nitrogen and oxygen atoms in total. The number of hydrogen-bond acceptors (Lipinski definition) is 9. The fourth-order valence-electron chi connectivity index (χ4n) is 4.13. The van der Waals surface area contributed by atoms with Gasteiger partial charge in [0.2, 0.25) is 0 Å². The number of carbonyl (C=O) groups excluding carboxylic acids is 1. The maximum absolute atomic E-state index is 13.8. The molecule has 1 aromatic carbocycles. The quantitative estimate of drug-likeness (QED) is 0.289. The van der Waals surface area contributed by atoms with E-state index in [4.69, 9.17) is 18.6 Å². The number of ether oxygens (including phenoxy) is 3. The Morgan fingerprint density at radius 3 is 2.63 bits per heavy atom. The summed E-state index contributed by atoms with van der Waals surface area (Å²) in [6.07, 6.45) is 3.34. The minimum Gasteiger partial charge on any atom is -0.490 e. The van der Waals surface area contributed by atoms with Crippen LogP contribution in [0.5, 0.6) is 11.5 Å². The maximum atomic E-state index is 13.8. The average molecular weight is 538 g/mol. The molecule has 0 amide bonds. The molecule has 0 N–H and O–H groups in total. The first-order chi connectivity index (χ1) is 18.3. The minimum absolute atomic E-state index is 0.192. The number of aromatic nitrogens is 1. The Labute approximate surface area is 224 Å². The number of esters is 1. The Morgan fingerprint density at radius 2 is 1.97 bits per heavy atom. The first kappa shape index (κ1) is 27.0. The minimum atomic E-state index is -0.769. The lowest BCUT2D eigenvalue weighted by Crippen LogP contribution is -2.40. The third kappa shape index (κ3) is 5.31. The zero-order valence-electron chi connectivity index (χ0n) is 22.1. The number of anilines is 1. The molecule has 3 heterocycles. The number of thiazole rings is 1. The van der Waals surface area contributed by atoms with Gasteiger partial charge < -0.3 is 23.5 Å². The zero-order valence-corrected chi connectivity index (χ0v) is 23.0. The van der Waals surface area contributed by atoms with Crippen molar-refractivity contribution < 1.29 is 23.4 Å². The molecule has 0 saturated heterocycles. The second-order valence-corrected chi connectivity index (χ2v) is 9.62. The average Bonchev–Trinajstić information content (AvgIpc) is 3.47. The summed E-state index contributed by atoms with van der Waals surface area (Å²) in [5.74, 6) is 1.72. The van der Waals surface area contributed by atoms with Crippen LogP contribution in [0.15, 0.2) is 68.5 Å². The van der Waals surface area contributed by atoms with E-state index in [1.165, 1.54) is 15.9 Å². The number of rotatable bonds is 10. The van der Waals surface area contributed by atoms with Crippen molar-refractivity contribution in [1.82, 2.24) is 4.57 Å². The monoisotopic (exact) mass is 537 g/mol. The third-order valence-corrected chi connectivity index (χ3v) is 6.77. The van der Waals surface area contributed by atoms with Crippen molar-refractivity contribution in [3.8, 4) is 11.5 Å². The van der Waals surface area contributed by atoms with Gasteiger partial charge in [-0.25, -0.2) is 9.79 Å². The summed E-state index contributed by atoms with van der Waals surface area (Å²) in [7, 11) is 3.75. The number of hydrogen-bond donors (Lipinski definition) is 0. The summed E-state index contributed by atoms with van der Waals surface area (Å²) in [6, 6.07) is 8.24. The van der Waals surface area contributed by atoms with Crippen LogP contribution >= 0.6 is 11.3 Å². The summed E-state index contributed by atoms with van der Waals surface area (Å²) in [5.41, 5.74) is 1.15. The molecular weight excluding hydrogens is 506 g/mol. The molecule has 2 aromatic heterocycles. The van der Waals surface area contributed by atoms with Crippen molar-refractivity contribution in [2.75, 3.05) is 38.8 Å². The third-order valence-electron chi connectivity index (χ3n) is 5.78. The summed E-state index contributed by atoms with van der Waals surface area (Å²) < 4.78 is 24.7. The van der Waals surface area contributed by atoms with Crippen LogP contribution in [0.4, 0.5) is 5.88 Å². The van der Waals surface area contributed by atoms with Gasteiger partial charge in [0.25, 0.3) is 5.56 Å². The van der Waals surface area contributed by atoms with Crippen LogP contribution in [-0.4, -0.2) is 44.5 Å². The molecule has 1 aliphatic rings. The molecule has 0 spiro atoms. The van der Waals surface area contributed by atoms with Gasteiger partial charge in [-0.3, -0.25) is 9.36 Å². The highest BCUT2D eigenvalue weighted by atomic mass is 32.1. The van der Waals surface area contributed by atoms with Gasteiger partial charge in [-0.05, 0) is 44.5 Å². The second-order valence-electron chi connectivity index (χ2n) is 8.61. The maximum Gasteiger partial charge on any atom is 0.338 e. The summed E-state index contributed by atoms with van der Waals surface area (Å²) in [6.45, 7) is 9.96. The lowest BCUT2D eigenvalue weighted by molar-refractivity contribution is -0.139. The van der Waals surface area contributed by atoms with Gasteiger partial charge in [-0.15, -0.1) is 0 Å². The highest BCUT2D eigenvalue weighted by molar-refractivity contribution is 7.07. The number of fused-ring (bicyclic) bond motifs is 1. The Hall–Kier alpha value is -4.05. The number of allylic oxidation sites excluding steroid dienone is 1. The molecule has 200 valence electrons. The van der Waals surface area contributed by atoms with Crippen molar-refractivity contribution in [3.63, 3.8) is 0 Å². The van der Waals surface area contributed by atoms with Crippen LogP contribution < -0.4 is 29.3 Å². The van der Waals surface area contributed by atoms with Gasteiger partial charge in [0.1, 0.15) is 12.4 Å². The van der Waals surface area contributed by atoms with E-state index >= 15 is 0 Å². The van der Waals surface area contributed by atoms with Crippen molar-refractivity contribution in [3.05, 3.63) is 85.3 Å². The fourth-order valence-corrected chi connectivity index (χ4v) is 5.15. The Balaban J connectivity index is 1.91. The number of nitrogens with zero attached hydrogens (tertiary/aromatic N) is 3. The van der Waals surface area contributed by atoms with Crippen molar-refractivity contribution in [1.29, 1.82) is 0 Å². The van der Waals surface area contributed by atoms with Crippen LogP contribution in [0.3, 0.4) is 0 Å². The number of furan rings is 1. The summed E-state index contributed by atoms with van der Waals surface area (Å²) in [4.78, 5) is 33.9. The van der Waals surface area contributed by atoms with Crippen LogP contribution in [0.25, 0.3) is 6.08 Å². The molecule has 0 aliphatic carbocycles. The van der Waals surface area contributed by atoms with Gasteiger partial charge in [0.15, 0.2) is 22.2 Å². The van der Waals surface area contributed by atoms with Gasteiger partial charge in [0, 0.05) is 26.2 Å². The van der Waals surface area contributed by atoms with Crippen LogP contribution in [-0.2, 0) is 9.53 Å². The molecule has 0 radical (unpaired) electrons. The van der Waals surface area contributed by atoms with Crippen molar-refractivity contribution in [2.45, 2.75) is 26.8 Å². The topological polar surface area (TPSA) is 95.5 Å². The molecule has 0 bridgehead atoms. The Morgan fingerprint density at radius 1 is 1.18 bits per heavy atom. The fraction of sp³-hybridized carbons (Fsp3) is 0.321. The first-order valence-corrected chi connectivity index (χ1v) is 13.1. The van der Waals surface area contributed by atoms with E-state index in [0.29, 0.717) is 62.5 Å². The lowest BCUT2D eigenvalue weighted by Gasteiger charge is -2.25. The molecule has 0 unspecified atom stereocenters. The molecule has 10 heteroatoms. The Bertz CT molecular complexity index is 1560. The second kappa shape index (κ2) is 11.6. The smallest absolute Gasteiger partial charge is 0.338 e.